The van der Waals surface area contributed by atoms with Gasteiger partial charge in [0, 0.05) is 31.9 Å². The molecule has 2 heterocycles. The number of hydrogen-bond acceptors (Lipinski definition) is 8. The summed E-state index contributed by atoms with van der Waals surface area (Å²) in [6, 6.07) is 15.5. The smallest absolute Gasteiger partial charge is 0.277 e. The van der Waals surface area contributed by atoms with Crippen LogP contribution >= 0.6 is 11.8 Å². The molecule has 1 aliphatic heterocycles. The molecule has 1 aliphatic rings. The number of thioether (sulfide) groups is 1. The van der Waals surface area contributed by atoms with Crippen LogP contribution in [-0.4, -0.2) is 66.7 Å². The van der Waals surface area contributed by atoms with E-state index in [0.717, 1.165) is 30.1 Å². The quantitative estimate of drug-likeness (QED) is 0.478. The molecule has 9 heteroatoms. The normalized spacial score (nSPS) is 13.8. The van der Waals surface area contributed by atoms with Crippen LogP contribution in [-0.2, 0) is 4.79 Å². The fraction of sp³-hybridized carbons (Fsp3) is 0.348. The van der Waals surface area contributed by atoms with Gasteiger partial charge in [0.15, 0.2) is 0 Å². The lowest BCUT2D eigenvalue weighted by Gasteiger charge is -2.36. The molecule has 168 valence electrons. The molecule has 0 spiro atoms. The highest BCUT2D eigenvalue weighted by Gasteiger charge is 2.22. The average molecular weight is 455 g/mol. The number of nitrogens with zero attached hydrogens (tertiary/aromatic N) is 4. The lowest BCUT2D eigenvalue weighted by atomic mass is 10.2. The van der Waals surface area contributed by atoms with Crippen LogP contribution < -0.4 is 14.4 Å². The van der Waals surface area contributed by atoms with Gasteiger partial charge < -0.3 is 23.7 Å². The highest BCUT2D eigenvalue weighted by molar-refractivity contribution is 7.99. The molecule has 0 bridgehead atoms. The third-order valence-electron chi connectivity index (χ3n) is 5.21. The van der Waals surface area contributed by atoms with Gasteiger partial charge in [-0.25, -0.2) is 0 Å². The third kappa shape index (κ3) is 5.16. The lowest BCUT2D eigenvalue weighted by molar-refractivity contribution is -0.128. The number of methoxy groups -OCH3 is 1. The van der Waals surface area contributed by atoms with E-state index in [4.69, 9.17) is 13.9 Å². The van der Waals surface area contributed by atoms with E-state index in [1.165, 1.54) is 11.8 Å². The predicted molar refractivity (Wildman–Crippen MR) is 123 cm³/mol. The number of benzene rings is 2. The van der Waals surface area contributed by atoms with E-state index in [2.05, 4.69) is 15.1 Å². The zero-order valence-electron chi connectivity index (χ0n) is 18.2. The predicted octanol–water partition coefficient (Wildman–Crippen LogP) is 3.58. The van der Waals surface area contributed by atoms with Crippen LogP contribution in [0, 0.1) is 0 Å². The van der Waals surface area contributed by atoms with Crippen molar-refractivity contribution in [3.8, 4) is 23.0 Å². The first-order valence-corrected chi connectivity index (χ1v) is 11.5. The largest absolute Gasteiger partial charge is 0.497 e. The number of piperazine rings is 1. The number of hydrogen-bond donors (Lipinski definition) is 0. The maximum absolute atomic E-state index is 12.7. The van der Waals surface area contributed by atoms with Crippen LogP contribution in [0.15, 0.2) is 58.2 Å². The summed E-state index contributed by atoms with van der Waals surface area (Å²) in [4.78, 5) is 16.8. The molecule has 1 fully saturated rings. The Morgan fingerprint density at radius 3 is 2.53 bits per heavy atom. The van der Waals surface area contributed by atoms with E-state index >= 15 is 0 Å². The molecule has 2 aromatic carbocycles. The molecular weight excluding hydrogens is 428 g/mol. The number of aromatic nitrogens is 2. The number of para-hydroxylation sites is 1. The summed E-state index contributed by atoms with van der Waals surface area (Å²) in [6.45, 7) is 5.43. The number of carbonyl (C=O) groups excluding carboxylic acids is 1. The molecule has 0 radical (unpaired) electrons. The Bertz CT molecular complexity index is 1030. The van der Waals surface area contributed by atoms with Crippen molar-refractivity contribution < 1.29 is 18.7 Å². The van der Waals surface area contributed by atoms with Gasteiger partial charge in [-0.05, 0) is 43.3 Å². The van der Waals surface area contributed by atoms with Crippen molar-refractivity contribution in [3.05, 3.63) is 48.5 Å². The Balaban J connectivity index is 1.29. The number of amides is 1. The molecule has 0 N–H and O–H groups in total. The van der Waals surface area contributed by atoms with Gasteiger partial charge in [-0.1, -0.05) is 23.9 Å². The molecule has 3 aromatic rings. The minimum atomic E-state index is 0.0684. The van der Waals surface area contributed by atoms with E-state index in [-0.39, 0.29) is 11.7 Å². The fourth-order valence-corrected chi connectivity index (χ4v) is 4.19. The Hall–Kier alpha value is -3.20. The summed E-state index contributed by atoms with van der Waals surface area (Å²) in [5, 5.41) is 8.57. The average Bonchev–Trinajstić information content (AvgIpc) is 3.32. The molecular formula is C23H26N4O4S. The number of anilines is 1. The van der Waals surface area contributed by atoms with Gasteiger partial charge in [-0.15, -0.1) is 10.2 Å². The van der Waals surface area contributed by atoms with Gasteiger partial charge in [0.25, 0.3) is 11.1 Å². The van der Waals surface area contributed by atoms with Crippen molar-refractivity contribution in [2.45, 2.75) is 12.1 Å². The zero-order chi connectivity index (χ0) is 22.3. The van der Waals surface area contributed by atoms with Crippen LogP contribution in [0.25, 0.3) is 11.5 Å². The van der Waals surface area contributed by atoms with E-state index < -0.39 is 0 Å². The second kappa shape index (κ2) is 10.4. The Labute approximate surface area is 191 Å². The lowest BCUT2D eigenvalue weighted by Crippen LogP contribution is -2.49. The Morgan fingerprint density at radius 1 is 1.06 bits per heavy atom. The van der Waals surface area contributed by atoms with Crippen molar-refractivity contribution in [1.29, 1.82) is 0 Å². The van der Waals surface area contributed by atoms with E-state index in [1.807, 2.05) is 60.4 Å². The third-order valence-corrected chi connectivity index (χ3v) is 6.02. The van der Waals surface area contributed by atoms with Gasteiger partial charge in [-0.2, -0.15) is 0 Å². The fourth-order valence-electron chi connectivity index (χ4n) is 3.52. The summed E-state index contributed by atoms with van der Waals surface area (Å²) < 4.78 is 16.6. The van der Waals surface area contributed by atoms with Gasteiger partial charge >= 0.3 is 0 Å². The molecule has 1 amide bonds. The van der Waals surface area contributed by atoms with Gasteiger partial charge in [-0.3, -0.25) is 4.79 Å². The van der Waals surface area contributed by atoms with Crippen LogP contribution in [0.2, 0.25) is 0 Å². The first kappa shape index (κ1) is 22.0. The molecule has 0 aliphatic carbocycles. The van der Waals surface area contributed by atoms with Crippen molar-refractivity contribution in [3.63, 3.8) is 0 Å². The highest BCUT2D eigenvalue weighted by Crippen LogP contribution is 2.30. The monoisotopic (exact) mass is 454 g/mol. The maximum Gasteiger partial charge on any atom is 0.277 e. The maximum atomic E-state index is 12.7. The molecule has 0 atom stereocenters. The SMILES string of the molecule is CCOc1ccccc1-c1nnc(SCC(=O)N2CCN(c3ccc(OC)cc3)CC2)o1. The van der Waals surface area contributed by atoms with Gasteiger partial charge in [0.05, 0.1) is 25.0 Å². The summed E-state index contributed by atoms with van der Waals surface area (Å²) in [5.74, 6) is 2.25. The molecule has 0 saturated carbocycles. The number of ether oxygens (including phenoxy) is 2. The second-order valence-electron chi connectivity index (χ2n) is 7.16. The van der Waals surface area contributed by atoms with Crippen LogP contribution in [0.3, 0.4) is 0 Å². The van der Waals surface area contributed by atoms with E-state index in [1.54, 1.807) is 7.11 Å². The standard InChI is InChI=1S/C23H26N4O4S/c1-3-30-20-7-5-4-6-19(20)22-24-25-23(31-22)32-16-21(28)27-14-12-26(13-15-27)17-8-10-18(29-2)11-9-17/h4-11H,3,12-16H2,1-2H3. The second-order valence-corrected chi connectivity index (χ2v) is 8.08. The van der Waals surface area contributed by atoms with E-state index in [0.29, 0.717) is 36.6 Å². The number of carbonyl (C=O) groups is 1. The number of rotatable bonds is 8. The van der Waals surface area contributed by atoms with Gasteiger partial charge in [0.2, 0.25) is 5.91 Å². The first-order chi connectivity index (χ1) is 15.7. The minimum Gasteiger partial charge on any atom is -0.497 e. The summed E-state index contributed by atoms with van der Waals surface area (Å²) >= 11 is 1.26. The highest BCUT2D eigenvalue weighted by atomic mass is 32.2. The molecule has 4 rings (SSSR count). The molecule has 1 aromatic heterocycles. The molecule has 0 unspecified atom stereocenters. The van der Waals surface area contributed by atoms with Crippen molar-refractivity contribution >= 4 is 23.4 Å². The molecule has 32 heavy (non-hydrogen) atoms. The Kier molecular flexibility index (Phi) is 7.16. The van der Waals surface area contributed by atoms with Crippen molar-refractivity contribution in [1.82, 2.24) is 15.1 Å². The molecule has 8 nitrogen and oxygen atoms in total. The summed E-state index contributed by atoms with van der Waals surface area (Å²) in [5.41, 5.74) is 1.88. The molecule has 1 saturated heterocycles. The van der Waals surface area contributed by atoms with Crippen molar-refractivity contribution in [2.24, 2.45) is 0 Å². The van der Waals surface area contributed by atoms with Gasteiger partial charge in [0.1, 0.15) is 11.5 Å². The summed E-state index contributed by atoms with van der Waals surface area (Å²) in [6.07, 6.45) is 0. The Morgan fingerprint density at radius 2 is 1.81 bits per heavy atom. The van der Waals surface area contributed by atoms with Crippen molar-refractivity contribution in [2.75, 3.05) is 50.5 Å². The summed E-state index contributed by atoms with van der Waals surface area (Å²) in [7, 11) is 1.66. The van der Waals surface area contributed by atoms with Crippen LogP contribution in [0.1, 0.15) is 6.92 Å². The topological polar surface area (TPSA) is 80.9 Å². The van der Waals surface area contributed by atoms with Crippen LogP contribution in [0.4, 0.5) is 5.69 Å². The first-order valence-electron chi connectivity index (χ1n) is 10.5. The minimum absolute atomic E-state index is 0.0684. The van der Waals surface area contributed by atoms with E-state index in [9.17, 15) is 4.79 Å². The van der Waals surface area contributed by atoms with Crippen LogP contribution in [0.5, 0.6) is 11.5 Å². The zero-order valence-corrected chi connectivity index (χ0v) is 19.0.